The van der Waals surface area contributed by atoms with Crippen LogP contribution in [0.25, 0.3) is 22.5 Å². The van der Waals surface area contributed by atoms with E-state index < -0.39 is 17.4 Å². The van der Waals surface area contributed by atoms with Gasteiger partial charge in [0.05, 0.1) is 47.1 Å². The Kier molecular flexibility index (Phi) is 6.31. The summed E-state index contributed by atoms with van der Waals surface area (Å²) < 4.78 is 40.9. The summed E-state index contributed by atoms with van der Waals surface area (Å²) in [6, 6.07) is 7.62. The maximum absolute atomic E-state index is 13.6. The van der Waals surface area contributed by atoms with E-state index in [1.165, 1.54) is 24.3 Å². The molecule has 0 saturated carbocycles. The average molecular weight is 506 g/mol. The van der Waals surface area contributed by atoms with Gasteiger partial charge in [0.1, 0.15) is 0 Å². The number of aromatic nitrogens is 1. The van der Waals surface area contributed by atoms with Crippen LogP contribution in [-0.2, 0) is 6.18 Å². The van der Waals surface area contributed by atoms with Gasteiger partial charge < -0.3 is 0 Å². The molecule has 0 aliphatic carbocycles. The van der Waals surface area contributed by atoms with Gasteiger partial charge in [-0.1, -0.05) is 69.6 Å². The van der Waals surface area contributed by atoms with Crippen LogP contribution in [0.1, 0.15) is 5.56 Å². The van der Waals surface area contributed by atoms with E-state index in [4.69, 9.17) is 69.6 Å². The van der Waals surface area contributed by atoms with Crippen molar-refractivity contribution in [3.05, 3.63) is 72.1 Å². The molecule has 0 fully saturated rings. The lowest BCUT2D eigenvalue weighted by molar-refractivity contribution is -0.137. The van der Waals surface area contributed by atoms with Crippen molar-refractivity contribution in [3.63, 3.8) is 0 Å². The molecule has 0 saturated heterocycles. The molecule has 3 aromatic rings. The van der Waals surface area contributed by atoms with Crippen molar-refractivity contribution < 1.29 is 13.2 Å². The first kappa shape index (κ1) is 21.8. The Labute approximate surface area is 187 Å². The van der Waals surface area contributed by atoms with Gasteiger partial charge in [-0.25, -0.2) is 4.98 Å². The Morgan fingerprint density at radius 3 is 1.61 bits per heavy atom. The smallest absolute Gasteiger partial charge is 0.247 e. The Hall–Kier alpha value is -0.880. The molecular formula is C18H6Cl6F3N. The highest BCUT2D eigenvalue weighted by molar-refractivity contribution is 6.47. The van der Waals surface area contributed by atoms with Crippen LogP contribution in [0, 0.1) is 0 Å². The minimum absolute atomic E-state index is 0.0280. The Bertz CT molecular complexity index is 1080. The summed E-state index contributed by atoms with van der Waals surface area (Å²) in [6.45, 7) is 0. The second kappa shape index (κ2) is 8.10. The second-order valence-electron chi connectivity index (χ2n) is 5.53. The fourth-order valence-electron chi connectivity index (χ4n) is 2.52. The van der Waals surface area contributed by atoms with E-state index in [-0.39, 0.29) is 47.0 Å². The predicted octanol–water partition coefficient (Wildman–Crippen LogP) is 9.35. The molecule has 0 N–H and O–H groups in total. The largest absolute Gasteiger partial charge is 0.418 e. The van der Waals surface area contributed by atoms with Gasteiger partial charge in [0.2, 0.25) is 0 Å². The molecule has 0 unspecified atom stereocenters. The third kappa shape index (κ3) is 4.04. The van der Waals surface area contributed by atoms with Crippen molar-refractivity contribution in [2.24, 2.45) is 0 Å². The summed E-state index contributed by atoms with van der Waals surface area (Å²) in [5, 5.41) is 0.204. The third-order valence-corrected chi connectivity index (χ3v) is 6.02. The molecule has 3 rings (SSSR count). The van der Waals surface area contributed by atoms with Crippen molar-refractivity contribution in [2.45, 2.75) is 6.18 Å². The highest BCUT2D eigenvalue weighted by Gasteiger charge is 2.36. The molecule has 146 valence electrons. The van der Waals surface area contributed by atoms with Crippen LogP contribution in [-0.4, -0.2) is 4.98 Å². The molecule has 0 radical (unpaired) electrons. The summed E-state index contributed by atoms with van der Waals surface area (Å²) in [5.74, 6) is 0. The van der Waals surface area contributed by atoms with Gasteiger partial charge in [0.25, 0.3) is 0 Å². The van der Waals surface area contributed by atoms with Crippen molar-refractivity contribution in [2.75, 3.05) is 0 Å². The van der Waals surface area contributed by atoms with Crippen molar-refractivity contribution in [1.82, 2.24) is 4.98 Å². The minimum Gasteiger partial charge on any atom is -0.247 e. The van der Waals surface area contributed by atoms with Crippen LogP contribution in [0.3, 0.4) is 0 Å². The SMILES string of the molecule is FC(F)(F)c1ccc(-c2c(Cl)ccc(Cl)c2Cl)nc1-c1c(Cl)ccc(Cl)c1Cl. The van der Waals surface area contributed by atoms with E-state index in [1.54, 1.807) is 0 Å². The number of hydrogen-bond acceptors (Lipinski definition) is 1. The van der Waals surface area contributed by atoms with Gasteiger partial charge >= 0.3 is 6.18 Å². The van der Waals surface area contributed by atoms with Crippen LogP contribution in [0.5, 0.6) is 0 Å². The number of nitrogens with zero attached hydrogens (tertiary/aromatic N) is 1. The highest BCUT2D eigenvalue weighted by atomic mass is 35.5. The second-order valence-corrected chi connectivity index (χ2v) is 7.91. The van der Waals surface area contributed by atoms with Crippen molar-refractivity contribution >= 4 is 69.6 Å². The minimum atomic E-state index is -4.72. The third-order valence-electron chi connectivity index (χ3n) is 3.78. The zero-order valence-corrected chi connectivity index (χ0v) is 17.8. The average Bonchev–Trinajstić information content (AvgIpc) is 2.61. The molecular weight excluding hydrogens is 500 g/mol. The summed E-state index contributed by atoms with van der Waals surface area (Å²) in [7, 11) is 0. The number of benzene rings is 2. The molecule has 10 heteroatoms. The summed E-state index contributed by atoms with van der Waals surface area (Å²) in [6.07, 6.45) is -4.72. The predicted molar refractivity (Wildman–Crippen MR) is 110 cm³/mol. The first-order chi connectivity index (χ1) is 13.0. The number of pyridine rings is 1. The fraction of sp³-hybridized carbons (Fsp3) is 0.0556. The topological polar surface area (TPSA) is 12.9 Å². The van der Waals surface area contributed by atoms with Crippen molar-refractivity contribution in [1.29, 1.82) is 0 Å². The Balaban J connectivity index is 2.39. The summed E-state index contributed by atoms with van der Waals surface area (Å²) >= 11 is 36.6. The van der Waals surface area contributed by atoms with Gasteiger partial charge in [-0.2, -0.15) is 13.2 Å². The first-order valence-electron chi connectivity index (χ1n) is 7.38. The molecule has 1 aromatic heterocycles. The molecule has 2 aromatic carbocycles. The quantitative estimate of drug-likeness (QED) is 0.316. The van der Waals surface area contributed by atoms with E-state index in [9.17, 15) is 13.2 Å². The van der Waals surface area contributed by atoms with Crippen LogP contribution in [0.15, 0.2) is 36.4 Å². The maximum Gasteiger partial charge on any atom is 0.418 e. The lowest BCUT2D eigenvalue weighted by Crippen LogP contribution is -2.09. The highest BCUT2D eigenvalue weighted by Crippen LogP contribution is 2.46. The van der Waals surface area contributed by atoms with Crippen LogP contribution in [0.2, 0.25) is 30.1 Å². The van der Waals surface area contributed by atoms with Gasteiger partial charge in [-0.15, -0.1) is 0 Å². The molecule has 0 aliphatic heterocycles. The summed E-state index contributed by atoms with van der Waals surface area (Å²) in [5.41, 5.74) is -1.46. The number of rotatable bonds is 2. The van der Waals surface area contributed by atoms with Gasteiger partial charge in [-0.05, 0) is 36.4 Å². The normalized spacial score (nSPS) is 11.8. The van der Waals surface area contributed by atoms with Gasteiger partial charge in [0.15, 0.2) is 0 Å². The van der Waals surface area contributed by atoms with Crippen LogP contribution in [0.4, 0.5) is 13.2 Å². The monoisotopic (exact) mass is 503 g/mol. The van der Waals surface area contributed by atoms with E-state index in [0.29, 0.717) is 0 Å². The first-order valence-corrected chi connectivity index (χ1v) is 9.65. The van der Waals surface area contributed by atoms with E-state index in [2.05, 4.69) is 4.98 Å². The fourth-order valence-corrected chi connectivity index (χ4v) is 3.95. The van der Waals surface area contributed by atoms with Gasteiger partial charge in [-0.3, -0.25) is 0 Å². The Morgan fingerprint density at radius 1 is 0.607 bits per heavy atom. The number of hydrogen-bond donors (Lipinski definition) is 0. The molecule has 0 atom stereocenters. The summed E-state index contributed by atoms with van der Waals surface area (Å²) in [4.78, 5) is 4.13. The maximum atomic E-state index is 13.6. The molecule has 0 amide bonds. The Morgan fingerprint density at radius 2 is 1.07 bits per heavy atom. The zero-order valence-electron chi connectivity index (χ0n) is 13.3. The lowest BCUT2D eigenvalue weighted by atomic mass is 10.0. The molecule has 28 heavy (non-hydrogen) atoms. The molecule has 0 bridgehead atoms. The van der Waals surface area contributed by atoms with Crippen LogP contribution >= 0.6 is 69.6 Å². The number of halogens is 9. The zero-order chi connectivity index (χ0) is 20.8. The van der Waals surface area contributed by atoms with Crippen LogP contribution < -0.4 is 0 Å². The molecule has 1 nitrogen and oxygen atoms in total. The van der Waals surface area contributed by atoms with Gasteiger partial charge in [0, 0.05) is 11.1 Å². The molecule has 0 spiro atoms. The van der Waals surface area contributed by atoms with E-state index >= 15 is 0 Å². The standard InChI is InChI=1S/C18H6Cl6F3N/c19-8-2-4-10(21)15(23)13(8)12-6-1-7(18(25,26)27)17(28-12)14-9(20)3-5-11(22)16(14)24/h1-6H. The molecule has 1 heterocycles. The lowest BCUT2D eigenvalue weighted by Gasteiger charge is -2.17. The number of alkyl halides is 3. The van der Waals surface area contributed by atoms with E-state index in [0.717, 1.165) is 12.1 Å². The van der Waals surface area contributed by atoms with Crippen molar-refractivity contribution in [3.8, 4) is 22.5 Å². The van der Waals surface area contributed by atoms with E-state index in [1.807, 2.05) is 0 Å². The molecule has 0 aliphatic rings.